The molecule has 0 N–H and O–H groups in total. The van der Waals surface area contributed by atoms with Crippen LogP contribution in [0.15, 0.2) is 18.5 Å². The SMILES string of the molecule is CC(C)(C)OC(=O)N1CCC(SCc2cncc(F)c2)C1. The summed E-state index contributed by atoms with van der Waals surface area (Å²) in [4.78, 5) is 17.5. The summed E-state index contributed by atoms with van der Waals surface area (Å²) in [7, 11) is 0. The molecule has 1 saturated heterocycles. The van der Waals surface area contributed by atoms with E-state index in [4.69, 9.17) is 4.74 Å². The fraction of sp³-hybridized carbons (Fsp3) is 0.600. The van der Waals surface area contributed by atoms with Gasteiger partial charge in [0.15, 0.2) is 0 Å². The molecule has 1 unspecified atom stereocenters. The van der Waals surface area contributed by atoms with Crippen LogP contribution in [0.25, 0.3) is 0 Å². The Morgan fingerprint density at radius 1 is 1.52 bits per heavy atom. The lowest BCUT2D eigenvalue weighted by atomic mass is 10.2. The van der Waals surface area contributed by atoms with Gasteiger partial charge in [-0.3, -0.25) is 4.98 Å². The fourth-order valence-electron chi connectivity index (χ4n) is 2.11. The number of amides is 1. The first-order chi connectivity index (χ1) is 9.83. The number of aromatic nitrogens is 1. The van der Waals surface area contributed by atoms with Crippen molar-refractivity contribution in [2.24, 2.45) is 0 Å². The summed E-state index contributed by atoms with van der Waals surface area (Å²) in [5, 5.41) is 0.362. The standard InChI is InChI=1S/C15H21FN2O2S/c1-15(2,3)20-14(19)18-5-4-13(9-18)21-10-11-6-12(16)8-17-7-11/h6-8,13H,4-5,9-10H2,1-3H3. The van der Waals surface area contributed by atoms with E-state index in [0.717, 1.165) is 12.0 Å². The van der Waals surface area contributed by atoms with Gasteiger partial charge in [0.1, 0.15) is 11.4 Å². The maximum Gasteiger partial charge on any atom is 0.410 e. The van der Waals surface area contributed by atoms with E-state index >= 15 is 0 Å². The van der Waals surface area contributed by atoms with Crippen molar-refractivity contribution < 1.29 is 13.9 Å². The van der Waals surface area contributed by atoms with Crippen molar-refractivity contribution in [3.05, 3.63) is 29.8 Å². The van der Waals surface area contributed by atoms with Crippen LogP contribution in [-0.4, -0.2) is 39.9 Å². The molecular formula is C15H21FN2O2S. The molecule has 0 saturated carbocycles. The first kappa shape index (κ1) is 16.1. The van der Waals surface area contributed by atoms with Gasteiger partial charge in [0.25, 0.3) is 0 Å². The number of thioether (sulfide) groups is 1. The predicted octanol–water partition coefficient (Wildman–Crippen LogP) is 3.46. The van der Waals surface area contributed by atoms with Gasteiger partial charge in [0.2, 0.25) is 0 Å². The molecule has 1 aromatic heterocycles. The molecule has 1 aromatic rings. The summed E-state index contributed by atoms with van der Waals surface area (Å²) in [6.45, 7) is 6.99. The number of nitrogens with zero attached hydrogens (tertiary/aromatic N) is 2. The van der Waals surface area contributed by atoms with Crippen LogP contribution in [0, 0.1) is 5.82 Å². The number of pyridine rings is 1. The lowest BCUT2D eigenvalue weighted by molar-refractivity contribution is 0.0295. The highest BCUT2D eigenvalue weighted by atomic mass is 32.2. The van der Waals surface area contributed by atoms with Crippen LogP contribution in [0.4, 0.5) is 9.18 Å². The Morgan fingerprint density at radius 2 is 2.29 bits per heavy atom. The van der Waals surface area contributed by atoms with Gasteiger partial charge < -0.3 is 9.64 Å². The van der Waals surface area contributed by atoms with Gasteiger partial charge in [-0.25, -0.2) is 9.18 Å². The molecule has 21 heavy (non-hydrogen) atoms. The van der Waals surface area contributed by atoms with Gasteiger partial charge in [0, 0.05) is 30.3 Å². The first-order valence-electron chi connectivity index (χ1n) is 7.02. The molecule has 0 radical (unpaired) electrons. The second kappa shape index (κ2) is 6.64. The third-order valence-corrected chi connectivity index (χ3v) is 4.40. The van der Waals surface area contributed by atoms with E-state index in [0.29, 0.717) is 24.1 Å². The molecule has 2 rings (SSSR count). The van der Waals surface area contributed by atoms with E-state index in [1.807, 2.05) is 20.8 Å². The summed E-state index contributed by atoms with van der Waals surface area (Å²) >= 11 is 1.73. The highest BCUT2D eigenvalue weighted by Crippen LogP contribution is 2.27. The van der Waals surface area contributed by atoms with Crippen LogP contribution in [0.3, 0.4) is 0 Å². The molecule has 1 atom stereocenters. The first-order valence-corrected chi connectivity index (χ1v) is 8.07. The largest absolute Gasteiger partial charge is 0.444 e. The zero-order valence-electron chi connectivity index (χ0n) is 12.6. The molecule has 1 fully saturated rings. The van der Waals surface area contributed by atoms with E-state index in [1.165, 1.54) is 12.3 Å². The number of carbonyl (C=O) groups excluding carboxylic acids is 1. The second-order valence-electron chi connectivity index (χ2n) is 6.16. The van der Waals surface area contributed by atoms with Crippen LogP contribution < -0.4 is 0 Å². The smallest absolute Gasteiger partial charge is 0.410 e. The molecule has 1 aliphatic heterocycles. The third-order valence-electron chi connectivity index (χ3n) is 3.04. The van der Waals surface area contributed by atoms with Crippen molar-refractivity contribution in [1.82, 2.24) is 9.88 Å². The summed E-state index contributed by atoms with van der Waals surface area (Å²) in [5.41, 5.74) is 0.408. The number of carbonyl (C=O) groups is 1. The molecular weight excluding hydrogens is 291 g/mol. The summed E-state index contributed by atoms with van der Waals surface area (Å²) in [5.74, 6) is 0.396. The van der Waals surface area contributed by atoms with E-state index in [2.05, 4.69) is 4.98 Å². The zero-order chi connectivity index (χ0) is 15.5. The van der Waals surface area contributed by atoms with Crippen LogP contribution in [0.2, 0.25) is 0 Å². The number of hydrogen-bond donors (Lipinski definition) is 0. The van der Waals surface area contributed by atoms with E-state index < -0.39 is 5.60 Å². The molecule has 0 aromatic carbocycles. The summed E-state index contributed by atoms with van der Waals surface area (Å²) in [6.07, 6.45) is 3.56. The minimum absolute atomic E-state index is 0.252. The van der Waals surface area contributed by atoms with Gasteiger partial charge in [-0.15, -0.1) is 0 Å². The Labute approximate surface area is 129 Å². The number of hydrogen-bond acceptors (Lipinski definition) is 4. The number of likely N-dealkylation sites (tertiary alicyclic amines) is 1. The quantitative estimate of drug-likeness (QED) is 0.857. The molecule has 0 spiro atoms. The summed E-state index contributed by atoms with van der Waals surface area (Å²) in [6, 6.07) is 1.50. The number of rotatable bonds is 3. The van der Waals surface area contributed by atoms with Gasteiger partial charge in [0.05, 0.1) is 6.20 Å². The average Bonchev–Trinajstić information content (AvgIpc) is 2.83. The Bertz CT molecular complexity index is 505. The Morgan fingerprint density at radius 3 is 2.95 bits per heavy atom. The van der Waals surface area contributed by atoms with E-state index in [9.17, 15) is 9.18 Å². The highest BCUT2D eigenvalue weighted by Gasteiger charge is 2.29. The predicted molar refractivity (Wildman–Crippen MR) is 81.7 cm³/mol. The molecule has 116 valence electrons. The highest BCUT2D eigenvalue weighted by molar-refractivity contribution is 7.99. The van der Waals surface area contributed by atoms with Crippen molar-refractivity contribution in [2.45, 2.75) is 43.8 Å². The van der Waals surface area contributed by atoms with Crippen LogP contribution in [-0.2, 0) is 10.5 Å². The van der Waals surface area contributed by atoms with Crippen molar-refractivity contribution in [2.75, 3.05) is 13.1 Å². The van der Waals surface area contributed by atoms with Gasteiger partial charge >= 0.3 is 6.09 Å². The molecule has 0 bridgehead atoms. The van der Waals surface area contributed by atoms with E-state index in [-0.39, 0.29) is 11.9 Å². The van der Waals surface area contributed by atoms with Gasteiger partial charge in [-0.05, 0) is 38.8 Å². The van der Waals surface area contributed by atoms with Crippen LogP contribution in [0.5, 0.6) is 0 Å². The Kier molecular flexibility index (Phi) is 5.08. The van der Waals surface area contributed by atoms with Crippen LogP contribution >= 0.6 is 11.8 Å². The number of halogens is 1. The van der Waals surface area contributed by atoms with Gasteiger partial charge in [-0.2, -0.15) is 11.8 Å². The van der Waals surface area contributed by atoms with Crippen molar-refractivity contribution in [1.29, 1.82) is 0 Å². The normalized spacial score (nSPS) is 18.9. The topological polar surface area (TPSA) is 42.4 Å². The van der Waals surface area contributed by atoms with Gasteiger partial charge in [-0.1, -0.05) is 0 Å². The second-order valence-corrected chi connectivity index (χ2v) is 7.45. The monoisotopic (exact) mass is 312 g/mol. The fourth-order valence-corrected chi connectivity index (χ4v) is 3.25. The molecule has 1 aliphatic rings. The average molecular weight is 312 g/mol. The van der Waals surface area contributed by atoms with Crippen molar-refractivity contribution >= 4 is 17.9 Å². The summed E-state index contributed by atoms with van der Waals surface area (Å²) < 4.78 is 18.4. The minimum Gasteiger partial charge on any atom is -0.444 e. The van der Waals surface area contributed by atoms with E-state index in [1.54, 1.807) is 22.9 Å². The maximum atomic E-state index is 13.1. The van der Waals surface area contributed by atoms with Crippen LogP contribution in [0.1, 0.15) is 32.8 Å². The molecule has 4 nitrogen and oxygen atoms in total. The molecule has 1 amide bonds. The molecule has 6 heteroatoms. The Hall–Kier alpha value is -1.30. The third kappa shape index (κ3) is 5.19. The van der Waals surface area contributed by atoms with Crippen molar-refractivity contribution in [3.63, 3.8) is 0 Å². The molecule has 0 aliphatic carbocycles. The zero-order valence-corrected chi connectivity index (χ0v) is 13.5. The minimum atomic E-state index is -0.463. The Balaban J connectivity index is 1.79. The lowest BCUT2D eigenvalue weighted by Gasteiger charge is -2.24. The number of ether oxygens (including phenoxy) is 1. The molecule has 2 heterocycles. The lowest BCUT2D eigenvalue weighted by Crippen LogP contribution is -2.35. The van der Waals surface area contributed by atoms with Crippen molar-refractivity contribution in [3.8, 4) is 0 Å². The maximum absolute atomic E-state index is 13.1.